The summed E-state index contributed by atoms with van der Waals surface area (Å²) < 4.78 is 22.1. The number of aromatic nitrogens is 2. The number of carbonyl (C=O) groups excluding carboxylic acids is 2. The van der Waals surface area contributed by atoms with Crippen LogP contribution >= 0.6 is 11.8 Å². The predicted molar refractivity (Wildman–Crippen MR) is 105 cm³/mol. The first-order valence-electron chi connectivity index (χ1n) is 8.42. The number of rotatable bonds is 6. The van der Waals surface area contributed by atoms with E-state index in [-0.39, 0.29) is 34.1 Å². The number of esters is 1. The summed E-state index contributed by atoms with van der Waals surface area (Å²) in [7, 11) is 5.33. The van der Waals surface area contributed by atoms with Crippen molar-refractivity contribution in [3.63, 3.8) is 0 Å². The van der Waals surface area contributed by atoms with Gasteiger partial charge in [0.05, 0.1) is 34.0 Å². The molecule has 3 rings (SSSR count). The fourth-order valence-corrected chi connectivity index (χ4v) is 3.82. The summed E-state index contributed by atoms with van der Waals surface area (Å²) in [6, 6.07) is 1.35. The third kappa shape index (κ3) is 3.60. The van der Waals surface area contributed by atoms with Gasteiger partial charge in [-0.3, -0.25) is 14.2 Å². The summed E-state index contributed by atoms with van der Waals surface area (Å²) in [5.41, 5.74) is -0.665. The van der Waals surface area contributed by atoms with Crippen molar-refractivity contribution in [2.75, 3.05) is 39.5 Å². The van der Waals surface area contributed by atoms with Gasteiger partial charge in [-0.05, 0) is 0 Å². The molecule has 0 spiro atoms. The van der Waals surface area contributed by atoms with Gasteiger partial charge in [-0.2, -0.15) is 0 Å². The van der Waals surface area contributed by atoms with Crippen LogP contribution in [0.15, 0.2) is 22.2 Å². The van der Waals surface area contributed by atoms with E-state index in [0.29, 0.717) is 17.5 Å². The summed E-state index contributed by atoms with van der Waals surface area (Å²) in [6.07, 6.45) is 1.22. The van der Waals surface area contributed by atoms with Crippen molar-refractivity contribution < 1.29 is 28.5 Å². The second kappa shape index (κ2) is 8.43. The third-order valence-corrected chi connectivity index (χ3v) is 5.25. The molecule has 1 N–H and O–H groups in total. The maximum Gasteiger partial charge on any atom is 0.340 e. The van der Waals surface area contributed by atoms with Gasteiger partial charge < -0.3 is 24.3 Å². The molecule has 0 saturated carbocycles. The van der Waals surface area contributed by atoms with Crippen LogP contribution in [0.1, 0.15) is 20.7 Å². The smallest absolute Gasteiger partial charge is 0.340 e. The van der Waals surface area contributed by atoms with Gasteiger partial charge in [0.15, 0.2) is 16.7 Å². The Labute approximate surface area is 170 Å². The van der Waals surface area contributed by atoms with Crippen LogP contribution in [0.2, 0.25) is 0 Å². The summed E-state index contributed by atoms with van der Waals surface area (Å²) in [5.74, 6) is -0.351. The molecule has 0 unspecified atom stereocenters. The Morgan fingerprint density at radius 3 is 2.45 bits per heavy atom. The predicted octanol–water partition coefficient (Wildman–Crippen LogP) is 1.41. The lowest BCUT2D eigenvalue weighted by atomic mass is 10.1. The Morgan fingerprint density at radius 1 is 1.10 bits per heavy atom. The average Bonchev–Trinajstić information content (AvgIpc) is 3.22. The maximum absolute atomic E-state index is 12.9. The molecule has 0 aliphatic carbocycles. The monoisotopic (exact) mass is 421 g/mol. The highest BCUT2D eigenvalue weighted by atomic mass is 32.2. The molecule has 1 aliphatic rings. The number of fused-ring (bicyclic) bond motifs is 1. The van der Waals surface area contributed by atoms with Crippen LogP contribution in [0, 0.1) is 0 Å². The minimum atomic E-state index is -0.745. The van der Waals surface area contributed by atoms with Crippen LogP contribution in [-0.4, -0.2) is 55.6 Å². The van der Waals surface area contributed by atoms with Crippen molar-refractivity contribution in [3.8, 4) is 17.2 Å². The van der Waals surface area contributed by atoms with Gasteiger partial charge in [0.25, 0.3) is 11.5 Å². The maximum atomic E-state index is 12.9. The number of nitrogens with one attached hydrogen (secondary N) is 1. The normalized spacial score (nSPS) is 12.1. The molecular weight excluding hydrogens is 402 g/mol. The standard InChI is InChI=1S/C18H19N3O7S/c1-25-11-7-9(17(24)28-4)12(14(27-3)13(11)26-2)20-15(22)10-8-19-18-21(16(10)23)5-6-29-18/h7-8H,5-6H2,1-4H3,(H,20,22). The highest BCUT2D eigenvalue weighted by Crippen LogP contribution is 2.45. The van der Waals surface area contributed by atoms with Gasteiger partial charge >= 0.3 is 5.97 Å². The van der Waals surface area contributed by atoms with Gasteiger partial charge in [0, 0.05) is 24.6 Å². The first-order chi connectivity index (χ1) is 14.0. The van der Waals surface area contributed by atoms with Gasteiger partial charge in [0.1, 0.15) is 11.3 Å². The van der Waals surface area contributed by atoms with Gasteiger partial charge in [-0.1, -0.05) is 11.8 Å². The van der Waals surface area contributed by atoms with Crippen LogP contribution in [0.25, 0.3) is 0 Å². The molecule has 1 aromatic heterocycles. The summed E-state index contributed by atoms with van der Waals surface area (Å²) in [4.78, 5) is 42.0. The third-order valence-electron chi connectivity index (χ3n) is 4.28. The molecule has 11 heteroatoms. The highest BCUT2D eigenvalue weighted by Gasteiger charge is 2.28. The number of methoxy groups -OCH3 is 4. The second-order valence-corrected chi connectivity index (χ2v) is 6.84. The second-order valence-electron chi connectivity index (χ2n) is 5.77. The molecule has 2 heterocycles. The molecule has 2 aromatic rings. The van der Waals surface area contributed by atoms with Gasteiger partial charge in [0.2, 0.25) is 5.75 Å². The number of nitrogens with zero attached hydrogens (tertiary/aromatic N) is 2. The average molecular weight is 421 g/mol. The zero-order valence-electron chi connectivity index (χ0n) is 16.2. The number of ether oxygens (including phenoxy) is 4. The summed E-state index contributed by atoms with van der Waals surface area (Å²) >= 11 is 1.44. The van der Waals surface area contributed by atoms with Crippen molar-refractivity contribution >= 4 is 29.3 Å². The van der Waals surface area contributed by atoms with E-state index >= 15 is 0 Å². The zero-order chi connectivity index (χ0) is 21.1. The van der Waals surface area contributed by atoms with Crippen molar-refractivity contribution in [2.24, 2.45) is 0 Å². The van der Waals surface area contributed by atoms with E-state index in [9.17, 15) is 14.4 Å². The molecule has 154 valence electrons. The lowest BCUT2D eigenvalue weighted by Crippen LogP contribution is -2.30. The molecule has 29 heavy (non-hydrogen) atoms. The Balaban J connectivity index is 2.11. The zero-order valence-corrected chi connectivity index (χ0v) is 17.0. The van der Waals surface area contributed by atoms with E-state index in [4.69, 9.17) is 18.9 Å². The lowest BCUT2D eigenvalue weighted by Gasteiger charge is -2.19. The number of thioether (sulfide) groups is 1. The van der Waals surface area contributed by atoms with E-state index in [2.05, 4.69) is 10.3 Å². The molecule has 1 aromatic carbocycles. The minimum Gasteiger partial charge on any atom is -0.493 e. The van der Waals surface area contributed by atoms with E-state index in [1.807, 2.05) is 0 Å². The van der Waals surface area contributed by atoms with Crippen molar-refractivity contribution in [2.45, 2.75) is 11.7 Å². The van der Waals surface area contributed by atoms with Crippen LogP contribution in [0.4, 0.5) is 5.69 Å². The fraction of sp³-hybridized carbons (Fsp3) is 0.333. The van der Waals surface area contributed by atoms with E-state index in [0.717, 1.165) is 0 Å². The van der Waals surface area contributed by atoms with Crippen molar-refractivity contribution in [1.82, 2.24) is 9.55 Å². The molecule has 0 atom stereocenters. The molecule has 1 amide bonds. The van der Waals surface area contributed by atoms with Gasteiger partial charge in [-0.25, -0.2) is 9.78 Å². The Hall–Kier alpha value is -3.21. The van der Waals surface area contributed by atoms with Crippen LogP contribution < -0.4 is 25.1 Å². The molecule has 1 aliphatic heterocycles. The molecule has 0 fully saturated rings. The Kier molecular flexibility index (Phi) is 5.97. The SMILES string of the molecule is COC(=O)c1cc(OC)c(OC)c(OC)c1NC(=O)c1cnc2n(c1=O)CCS2. The minimum absolute atomic E-state index is 0.0127. The number of carbonyl (C=O) groups is 2. The molecule has 0 radical (unpaired) electrons. The van der Waals surface area contributed by atoms with Crippen LogP contribution in [0.5, 0.6) is 17.2 Å². The Morgan fingerprint density at radius 2 is 1.83 bits per heavy atom. The molecule has 10 nitrogen and oxygen atoms in total. The molecular formula is C18H19N3O7S. The first kappa shape index (κ1) is 20.5. The topological polar surface area (TPSA) is 118 Å². The van der Waals surface area contributed by atoms with Crippen LogP contribution in [-0.2, 0) is 11.3 Å². The number of anilines is 1. The molecule has 0 saturated heterocycles. The lowest BCUT2D eigenvalue weighted by molar-refractivity contribution is 0.0601. The van der Waals surface area contributed by atoms with Gasteiger partial charge in [-0.15, -0.1) is 0 Å². The van der Waals surface area contributed by atoms with E-state index in [1.165, 1.54) is 57.0 Å². The van der Waals surface area contributed by atoms with Crippen LogP contribution in [0.3, 0.4) is 0 Å². The first-order valence-corrected chi connectivity index (χ1v) is 9.40. The van der Waals surface area contributed by atoms with Crippen molar-refractivity contribution in [1.29, 1.82) is 0 Å². The number of amides is 1. The molecule has 0 bridgehead atoms. The van der Waals surface area contributed by atoms with E-state index < -0.39 is 17.4 Å². The number of hydrogen-bond donors (Lipinski definition) is 1. The number of benzene rings is 1. The Bertz CT molecular complexity index is 1040. The highest BCUT2D eigenvalue weighted by molar-refractivity contribution is 7.99. The fourth-order valence-electron chi connectivity index (χ4n) is 2.91. The number of hydrogen-bond acceptors (Lipinski definition) is 9. The van der Waals surface area contributed by atoms with E-state index in [1.54, 1.807) is 0 Å². The van der Waals surface area contributed by atoms with Crippen molar-refractivity contribution in [3.05, 3.63) is 33.7 Å². The summed E-state index contributed by atoms with van der Waals surface area (Å²) in [5, 5.41) is 3.12. The quantitative estimate of drug-likeness (QED) is 0.545. The summed E-state index contributed by atoms with van der Waals surface area (Å²) in [6.45, 7) is 0.472. The largest absolute Gasteiger partial charge is 0.493 e.